The van der Waals surface area contributed by atoms with Gasteiger partial charge in [0.05, 0.1) is 5.69 Å². The number of rotatable bonds is 1. The number of anilines is 1. The van der Waals surface area contributed by atoms with E-state index in [1.165, 1.54) is 42.7 Å². The zero-order valence-corrected chi connectivity index (χ0v) is 8.21. The fourth-order valence-electron chi connectivity index (χ4n) is 1.64. The molecule has 1 aliphatic rings. The smallest absolute Gasteiger partial charge is 0.182 e. The Hall–Kier alpha value is -0.570. The largest absolute Gasteiger partial charge is 0.365 e. The number of hydrogen-bond donors (Lipinski definition) is 1. The third kappa shape index (κ3) is 1.46. The van der Waals surface area contributed by atoms with Crippen LogP contribution < -0.4 is 5.32 Å². The summed E-state index contributed by atoms with van der Waals surface area (Å²) in [7, 11) is 1.94. The molecule has 0 bridgehead atoms. The van der Waals surface area contributed by atoms with Gasteiger partial charge in [-0.15, -0.1) is 11.3 Å². The molecule has 0 saturated carbocycles. The number of aromatic nitrogens is 1. The van der Waals surface area contributed by atoms with Crippen LogP contribution in [0, 0.1) is 0 Å². The van der Waals surface area contributed by atoms with Crippen molar-refractivity contribution in [3.63, 3.8) is 0 Å². The van der Waals surface area contributed by atoms with Gasteiger partial charge in [0.1, 0.15) is 0 Å². The van der Waals surface area contributed by atoms with Crippen molar-refractivity contribution in [1.29, 1.82) is 0 Å². The molecule has 0 fully saturated rings. The molecule has 1 aromatic rings. The van der Waals surface area contributed by atoms with E-state index in [-0.39, 0.29) is 0 Å². The molecular weight excluding hydrogens is 168 g/mol. The van der Waals surface area contributed by atoms with Gasteiger partial charge in [0.15, 0.2) is 5.13 Å². The molecule has 1 heterocycles. The highest BCUT2D eigenvalue weighted by Gasteiger charge is 2.12. The van der Waals surface area contributed by atoms with Crippen LogP contribution in [0.4, 0.5) is 5.13 Å². The van der Waals surface area contributed by atoms with Crippen LogP contribution in [-0.2, 0) is 12.8 Å². The molecule has 2 nitrogen and oxygen atoms in total. The second-order valence-corrected chi connectivity index (χ2v) is 4.28. The minimum absolute atomic E-state index is 1.09. The molecule has 0 spiro atoms. The average molecular weight is 182 g/mol. The summed E-state index contributed by atoms with van der Waals surface area (Å²) in [5, 5.41) is 4.20. The number of hydrogen-bond acceptors (Lipinski definition) is 3. The average Bonchev–Trinajstić information content (AvgIpc) is 2.37. The molecule has 66 valence electrons. The van der Waals surface area contributed by atoms with Crippen molar-refractivity contribution < 1.29 is 0 Å². The van der Waals surface area contributed by atoms with Crippen LogP contribution >= 0.6 is 11.3 Å². The number of fused-ring (bicyclic) bond motifs is 1. The zero-order chi connectivity index (χ0) is 8.39. The lowest BCUT2D eigenvalue weighted by molar-refractivity contribution is 0.709. The van der Waals surface area contributed by atoms with Crippen molar-refractivity contribution in [2.75, 3.05) is 12.4 Å². The van der Waals surface area contributed by atoms with Crippen molar-refractivity contribution in [3.05, 3.63) is 10.6 Å². The van der Waals surface area contributed by atoms with Crippen LogP contribution in [-0.4, -0.2) is 12.0 Å². The quantitative estimate of drug-likeness (QED) is 0.675. The first-order valence-corrected chi connectivity index (χ1v) is 5.38. The third-order valence-corrected chi connectivity index (χ3v) is 3.48. The molecule has 0 radical (unpaired) electrons. The topological polar surface area (TPSA) is 24.9 Å². The lowest BCUT2D eigenvalue weighted by atomic mass is 10.2. The van der Waals surface area contributed by atoms with E-state index in [1.807, 2.05) is 18.4 Å². The van der Waals surface area contributed by atoms with Crippen LogP contribution in [0.15, 0.2) is 0 Å². The summed E-state index contributed by atoms with van der Waals surface area (Å²) < 4.78 is 0. The lowest BCUT2D eigenvalue weighted by Gasteiger charge is -1.91. The maximum absolute atomic E-state index is 4.54. The SMILES string of the molecule is CNc1nc2c(s1)CCCCC2. The van der Waals surface area contributed by atoms with Crippen molar-refractivity contribution in [2.24, 2.45) is 0 Å². The predicted molar refractivity (Wildman–Crippen MR) is 52.9 cm³/mol. The van der Waals surface area contributed by atoms with E-state index in [2.05, 4.69) is 10.3 Å². The van der Waals surface area contributed by atoms with Gasteiger partial charge in [-0.1, -0.05) is 6.42 Å². The maximum atomic E-state index is 4.54. The van der Waals surface area contributed by atoms with E-state index in [0.717, 1.165) is 5.13 Å². The summed E-state index contributed by atoms with van der Waals surface area (Å²) in [6.07, 6.45) is 6.47. The molecule has 2 rings (SSSR count). The molecule has 0 aromatic carbocycles. The zero-order valence-electron chi connectivity index (χ0n) is 7.39. The van der Waals surface area contributed by atoms with Gasteiger partial charge in [0.25, 0.3) is 0 Å². The van der Waals surface area contributed by atoms with Crippen LogP contribution in [0.3, 0.4) is 0 Å². The minimum Gasteiger partial charge on any atom is -0.365 e. The van der Waals surface area contributed by atoms with Gasteiger partial charge in [-0.3, -0.25) is 0 Å². The Kier molecular flexibility index (Phi) is 2.30. The van der Waals surface area contributed by atoms with Crippen LogP contribution in [0.2, 0.25) is 0 Å². The molecule has 0 unspecified atom stereocenters. The first-order chi connectivity index (χ1) is 5.90. The van der Waals surface area contributed by atoms with Gasteiger partial charge in [-0.05, 0) is 25.7 Å². The summed E-state index contributed by atoms with van der Waals surface area (Å²) in [4.78, 5) is 6.05. The highest BCUT2D eigenvalue weighted by molar-refractivity contribution is 7.15. The van der Waals surface area contributed by atoms with Crippen molar-refractivity contribution in [3.8, 4) is 0 Å². The van der Waals surface area contributed by atoms with Gasteiger partial charge >= 0.3 is 0 Å². The standard InChI is InChI=1S/C9H14N2S/c1-10-9-11-7-5-3-2-4-6-8(7)12-9/h2-6H2,1H3,(H,10,11). The number of nitrogens with zero attached hydrogens (tertiary/aromatic N) is 1. The summed E-state index contributed by atoms with van der Waals surface area (Å²) in [5.74, 6) is 0. The molecule has 0 amide bonds. The molecule has 1 aromatic heterocycles. The van der Waals surface area contributed by atoms with Gasteiger partial charge in [-0.2, -0.15) is 0 Å². The molecule has 0 saturated heterocycles. The highest BCUT2D eigenvalue weighted by Crippen LogP contribution is 2.28. The summed E-state index contributed by atoms with van der Waals surface area (Å²) in [6, 6.07) is 0. The van der Waals surface area contributed by atoms with Crippen molar-refractivity contribution in [1.82, 2.24) is 4.98 Å². The van der Waals surface area contributed by atoms with Gasteiger partial charge < -0.3 is 5.32 Å². The van der Waals surface area contributed by atoms with Crippen LogP contribution in [0.1, 0.15) is 29.8 Å². The molecule has 0 aliphatic heterocycles. The Morgan fingerprint density at radius 1 is 1.25 bits per heavy atom. The molecule has 12 heavy (non-hydrogen) atoms. The molecule has 3 heteroatoms. The Labute approximate surface area is 77.0 Å². The van der Waals surface area contributed by atoms with E-state index < -0.39 is 0 Å². The van der Waals surface area contributed by atoms with Crippen molar-refractivity contribution in [2.45, 2.75) is 32.1 Å². The third-order valence-electron chi connectivity index (χ3n) is 2.31. The maximum Gasteiger partial charge on any atom is 0.182 e. The lowest BCUT2D eigenvalue weighted by Crippen LogP contribution is -1.89. The Morgan fingerprint density at radius 3 is 2.92 bits per heavy atom. The second kappa shape index (κ2) is 3.44. The second-order valence-electron chi connectivity index (χ2n) is 3.20. The van der Waals surface area contributed by atoms with E-state index in [1.54, 1.807) is 0 Å². The fourth-order valence-corrected chi connectivity index (χ4v) is 2.64. The highest BCUT2D eigenvalue weighted by atomic mass is 32.1. The normalized spacial score (nSPS) is 16.8. The fraction of sp³-hybridized carbons (Fsp3) is 0.667. The number of nitrogens with one attached hydrogen (secondary N) is 1. The Balaban J connectivity index is 2.26. The van der Waals surface area contributed by atoms with Crippen molar-refractivity contribution >= 4 is 16.5 Å². The summed E-state index contributed by atoms with van der Waals surface area (Å²) >= 11 is 1.83. The summed E-state index contributed by atoms with van der Waals surface area (Å²) in [5.41, 5.74) is 1.35. The molecule has 1 N–H and O–H groups in total. The minimum atomic E-state index is 1.09. The first kappa shape index (κ1) is 8.05. The van der Waals surface area contributed by atoms with E-state index in [4.69, 9.17) is 0 Å². The Morgan fingerprint density at radius 2 is 2.08 bits per heavy atom. The first-order valence-electron chi connectivity index (χ1n) is 4.56. The van der Waals surface area contributed by atoms with E-state index in [9.17, 15) is 0 Å². The predicted octanol–water partition coefficient (Wildman–Crippen LogP) is 2.45. The van der Waals surface area contributed by atoms with E-state index >= 15 is 0 Å². The Bertz CT molecular complexity index is 244. The summed E-state index contributed by atoms with van der Waals surface area (Å²) in [6.45, 7) is 0. The molecular formula is C9H14N2S. The molecule has 1 aliphatic carbocycles. The molecule has 0 atom stereocenters. The van der Waals surface area contributed by atoms with Crippen LogP contribution in [0.5, 0.6) is 0 Å². The number of aryl methyl sites for hydroxylation is 2. The monoisotopic (exact) mass is 182 g/mol. The van der Waals surface area contributed by atoms with Crippen LogP contribution in [0.25, 0.3) is 0 Å². The van der Waals surface area contributed by atoms with Gasteiger partial charge in [-0.25, -0.2) is 4.98 Å². The van der Waals surface area contributed by atoms with Gasteiger partial charge in [0, 0.05) is 11.9 Å². The van der Waals surface area contributed by atoms with Gasteiger partial charge in [0.2, 0.25) is 0 Å². The van der Waals surface area contributed by atoms with E-state index in [0.29, 0.717) is 0 Å². The number of thiazole rings is 1.